The Balaban J connectivity index is 1.35. The second-order valence-electron chi connectivity index (χ2n) is 6.84. The lowest BCUT2D eigenvalue weighted by atomic mass is 9.89. The van der Waals surface area contributed by atoms with Gasteiger partial charge in [0.05, 0.1) is 6.10 Å². The smallest absolute Gasteiger partial charge is 0.191 e. The number of hydrogen-bond acceptors (Lipinski definition) is 2. The molecule has 1 aliphatic carbocycles. The van der Waals surface area contributed by atoms with Crippen LogP contribution in [0.25, 0.3) is 0 Å². The van der Waals surface area contributed by atoms with E-state index in [1.807, 2.05) is 17.8 Å². The predicted molar refractivity (Wildman–Crippen MR) is 106 cm³/mol. The lowest BCUT2D eigenvalue weighted by Crippen LogP contribution is -2.37. The van der Waals surface area contributed by atoms with Gasteiger partial charge in [0.25, 0.3) is 0 Å². The molecule has 5 heteroatoms. The molecule has 0 bridgehead atoms. The molecule has 140 valence electrons. The van der Waals surface area contributed by atoms with Gasteiger partial charge in [-0.15, -0.1) is 0 Å². The van der Waals surface area contributed by atoms with Crippen LogP contribution in [0.3, 0.4) is 0 Å². The van der Waals surface area contributed by atoms with Gasteiger partial charge in [-0.05, 0) is 48.4 Å². The zero-order valence-electron chi connectivity index (χ0n) is 15.9. The van der Waals surface area contributed by atoms with Crippen LogP contribution in [-0.4, -0.2) is 30.7 Å². The SMILES string of the molecule is CN=C(NCCCOC1CCCc2ccccc21)NCc1ccn(C)c1. The molecule has 0 radical (unpaired) electrons. The summed E-state index contributed by atoms with van der Waals surface area (Å²) in [7, 11) is 3.83. The van der Waals surface area contributed by atoms with Gasteiger partial charge < -0.3 is 19.9 Å². The van der Waals surface area contributed by atoms with Gasteiger partial charge in [0.15, 0.2) is 5.96 Å². The van der Waals surface area contributed by atoms with Crippen LogP contribution < -0.4 is 10.6 Å². The van der Waals surface area contributed by atoms with Gasteiger partial charge in [-0.25, -0.2) is 0 Å². The molecule has 0 saturated carbocycles. The fourth-order valence-corrected chi connectivity index (χ4v) is 3.46. The standard InChI is InChI=1S/C21H30N4O/c1-22-21(24-15-17-11-13-25(2)16-17)23-12-6-14-26-20-10-5-8-18-7-3-4-9-19(18)20/h3-4,7,9,11,13,16,20H,5-6,8,10,12,14-15H2,1-2H3,(H2,22,23,24). The van der Waals surface area contributed by atoms with Gasteiger partial charge >= 0.3 is 0 Å². The minimum Gasteiger partial charge on any atom is -0.373 e. The largest absolute Gasteiger partial charge is 0.373 e. The summed E-state index contributed by atoms with van der Waals surface area (Å²) in [5.74, 6) is 0.830. The van der Waals surface area contributed by atoms with E-state index in [0.717, 1.165) is 38.5 Å². The Kier molecular flexibility index (Phi) is 6.72. The van der Waals surface area contributed by atoms with Crippen molar-refractivity contribution in [1.29, 1.82) is 0 Å². The molecule has 0 amide bonds. The van der Waals surface area contributed by atoms with Crippen LogP contribution in [0.5, 0.6) is 0 Å². The van der Waals surface area contributed by atoms with Gasteiger partial charge in [-0.1, -0.05) is 24.3 Å². The summed E-state index contributed by atoms with van der Waals surface area (Å²) in [4.78, 5) is 4.27. The Hall–Kier alpha value is -2.27. The summed E-state index contributed by atoms with van der Waals surface area (Å²) in [5.41, 5.74) is 4.08. The first-order chi connectivity index (χ1) is 12.8. The van der Waals surface area contributed by atoms with Crippen LogP contribution in [-0.2, 0) is 24.8 Å². The molecule has 1 aliphatic rings. The van der Waals surface area contributed by atoms with Crippen LogP contribution >= 0.6 is 0 Å². The molecule has 1 aromatic heterocycles. The maximum Gasteiger partial charge on any atom is 0.191 e. The number of aryl methyl sites for hydroxylation is 2. The Morgan fingerprint density at radius 1 is 1.27 bits per heavy atom. The van der Waals surface area contributed by atoms with Crippen LogP contribution in [0.2, 0.25) is 0 Å². The molecule has 1 unspecified atom stereocenters. The summed E-state index contributed by atoms with van der Waals surface area (Å²) in [6.45, 7) is 2.39. The molecule has 1 heterocycles. The molecule has 0 aliphatic heterocycles. The highest BCUT2D eigenvalue weighted by Gasteiger charge is 2.19. The molecular formula is C21H30N4O. The molecule has 0 spiro atoms. The minimum absolute atomic E-state index is 0.260. The Bertz CT molecular complexity index is 722. The van der Waals surface area contributed by atoms with Crippen molar-refractivity contribution in [3.05, 3.63) is 59.4 Å². The van der Waals surface area contributed by atoms with E-state index in [0.29, 0.717) is 0 Å². The fraction of sp³-hybridized carbons (Fsp3) is 0.476. The summed E-state index contributed by atoms with van der Waals surface area (Å²) in [6, 6.07) is 10.8. The first kappa shape index (κ1) is 18.5. The third-order valence-corrected chi connectivity index (χ3v) is 4.82. The zero-order valence-corrected chi connectivity index (χ0v) is 15.9. The summed E-state index contributed by atoms with van der Waals surface area (Å²) < 4.78 is 8.20. The van der Waals surface area contributed by atoms with Crippen molar-refractivity contribution in [2.45, 2.75) is 38.3 Å². The zero-order chi connectivity index (χ0) is 18.2. The third-order valence-electron chi connectivity index (χ3n) is 4.82. The number of nitrogens with zero attached hydrogens (tertiary/aromatic N) is 2. The molecule has 2 aromatic rings. The maximum atomic E-state index is 6.15. The van der Waals surface area contributed by atoms with Crippen molar-refractivity contribution in [2.24, 2.45) is 12.0 Å². The summed E-state index contributed by atoms with van der Waals surface area (Å²) in [5, 5.41) is 6.69. The molecule has 5 nitrogen and oxygen atoms in total. The minimum atomic E-state index is 0.260. The van der Waals surface area contributed by atoms with E-state index in [1.54, 1.807) is 7.05 Å². The first-order valence-electron chi connectivity index (χ1n) is 9.51. The highest BCUT2D eigenvalue weighted by atomic mass is 16.5. The number of aromatic nitrogens is 1. The van der Waals surface area contributed by atoms with Gasteiger partial charge in [0.1, 0.15) is 0 Å². The average Bonchev–Trinajstić information content (AvgIpc) is 3.09. The molecule has 0 fully saturated rings. The number of fused-ring (bicyclic) bond motifs is 1. The highest BCUT2D eigenvalue weighted by molar-refractivity contribution is 5.79. The number of nitrogens with one attached hydrogen (secondary N) is 2. The lowest BCUT2D eigenvalue weighted by molar-refractivity contribution is 0.0398. The van der Waals surface area contributed by atoms with Crippen molar-refractivity contribution in [3.63, 3.8) is 0 Å². The van der Waals surface area contributed by atoms with Crippen LogP contribution in [0.15, 0.2) is 47.7 Å². The van der Waals surface area contributed by atoms with E-state index in [4.69, 9.17) is 4.74 Å². The number of guanidine groups is 1. The van der Waals surface area contributed by atoms with E-state index in [2.05, 4.69) is 52.2 Å². The third kappa shape index (κ3) is 5.11. The van der Waals surface area contributed by atoms with Crippen molar-refractivity contribution >= 4 is 5.96 Å². The van der Waals surface area contributed by atoms with Crippen LogP contribution in [0, 0.1) is 0 Å². The monoisotopic (exact) mass is 354 g/mol. The second-order valence-corrected chi connectivity index (χ2v) is 6.84. The summed E-state index contributed by atoms with van der Waals surface area (Å²) in [6.07, 6.45) is 8.91. The number of hydrogen-bond donors (Lipinski definition) is 2. The van der Waals surface area contributed by atoms with Gasteiger partial charge in [0.2, 0.25) is 0 Å². The van der Waals surface area contributed by atoms with E-state index in [9.17, 15) is 0 Å². The maximum absolute atomic E-state index is 6.15. The molecule has 0 saturated heterocycles. The van der Waals surface area contributed by atoms with E-state index in [-0.39, 0.29) is 6.10 Å². The van der Waals surface area contributed by atoms with Crippen molar-refractivity contribution < 1.29 is 4.74 Å². The van der Waals surface area contributed by atoms with Crippen molar-refractivity contribution in [3.8, 4) is 0 Å². The molecular weight excluding hydrogens is 324 g/mol. The number of benzene rings is 1. The Labute approximate surface area is 156 Å². The molecule has 1 aromatic carbocycles. The normalized spacial score (nSPS) is 17.0. The molecule has 3 rings (SSSR count). The van der Waals surface area contributed by atoms with Crippen LogP contribution in [0.4, 0.5) is 0 Å². The Morgan fingerprint density at radius 3 is 2.96 bits per heavy atom. The van der Waals surface area contributed by atoms with E-state index < -0.39 is 0 Å². The first-order valence-corrected chi connectivity index (χ1v) is 9.51. The van der Waals surface area contributed by atoms with Gasteiger partial charge in [0, 0.05) is 46.2 Å². The molecule has 26 heavy (non-hydrogen) atoms. The predicted octanol–water partition coefficient (Wildman–Crippen LogP) is 3.17. The quantitative estimate of drug-likeness (QED) is 0.456. The van der Waals surface area contributed by atoms with Crippen molar-refractivity contribution in [2.75, 3.05) is 20.2 Å². The second kappa shape index (κ2) is 9.43. The topological polar surface area (TPSA) is 50.6 Å². The van der Waals surface area contributed by atoms with Gasteiger partial charge in [-0.2, -0.15) is 0 Å². The highest BCUT2D eigenvalue weighted by Crippen LogP contribution is 2.32. The molecule has 1 atom stereocenters. The lowest BCUT2D eigenvalue weighted by Gasteiger charge is -2.25. The Morgan fingerprint density at radius 2 is 2.15 bits per heavy atom. The van der Waals surface area contributed by atoms with E-state index in [1.165, 1.54) is 29.5 Å². The number of ether oxygens (including phenoxy) is 1. The van der Waals surface area contributed by atoms with Gasteiger partial charge in [-0.3, -0.25) is 4.99 Å². The molecule has 2 N–H and O–H groups in total. The van der Waals surface area contributed by atoms with Crippen molar-refractivity contribution in [1.82, 2.24) is 15.2 Å². The average molecular weight is 354 g/mol. The number of aliphatic imine (C=N–C) groups is 1. The summed E-state index contributed by atoms with van der Waals surface area (Å²) >= 11 is 0. The van der Waals surface area contributed by atoms with E-state index >= 15 is 0 Å². The van der Waals surface area contributed by atoms with Crippen LogP contribution in [0.1, 0.15) is 42.1 Å². The number of rotatable bonds is 7. The fourth-order valence-electron chi connectivity index (χ4n) is 3.46.